The fraction of sp³-hybridized carbons (Fsp3) is 0.133. The van der Waals surface area contributed by atoms with Gasteiger partial charge in [0.2, 0.25) is 10.0 Å². The van der Waals surface area contributed by atoms with Gasteiger partial charge in [0.25, 0.3) is 5.69 Å². The molecule has 0 bridgehead atoms. The third kappa shape index (κ3) is 5.58. The van der Waals surface area contributed by atoms with Gasteiger partial charge in [-0.05, 0) is 52.4 Å². The van der Waals surface area contributed by atoms with Gasteiger partial charge in [0.1, 0.15) is 5.82 Å². The number of benzene rings is 2. The monoisotopic (exact) mass is 509 g/mol. The Bertz CT molecular complexity index is 965. The Morgan fingerprint density at radius 3 is 2.56 bits per heavy atom. The summed E-state index contributed by atoms with van der Waals surface area (Å²) < 4.78 is 41.1. The molecule has 144 valence electrons. The second-order valence-electron chi connectivity index (χ2n) is 5.28. The predicted octanol–water partition coefficient (Wildman–Crippen LogP) is 2.63. The number of amides is 1. The number of para-hydroxylation sites is 1. The van der Waals surface area contributed by atoms with Crippen LogP contribution in [0.2, 0.25) is 0 Å². The van der Waals surface area contributed by atoms with Crippen molar-refractivity contribution in [2.24, 2.45) is 0 Å². The van der Waals surface area contributed by atoms with Crippen molar-refractivity contribution >= 4 is 44.4 Å². The van der Waals surface area contributed by atoms with Crippen LogP contribution in [0.15, 0.2) is 47.4 Å². The van der Waals surface area contributed by atoms with Crippen molar-refractivity contribution in [1.29, 1.82) is 0 Å². The molecule has 0 aliphatic carbocycles. The quantitative estimate of drug-likeness (QED) is 0.298. The number of hydrogen-bond acceptors (Lipinski definition) is 5. The van der Waals surface area contributed by atoms with Gasteiger partial charge in [0.15, 0.2) is 4.90 Å². The van der Waals surface area contributed by atoms with Crippen molar-refractivity contribution in [3.05, 3.63) is 67.5 Å². The van der Waals surface area contributed by atoms with E-state index in [-0.39, 0.29) is 5.56 Å². The molecule has 0 fully saturated rings. The Kier molecular flexibility index (Phi) is 6.67. The maximum atomic E-state index is 13.6. The van der Waals surface area contributed by atoms with Crippen LogP contribution in [-0.4, -0.2) is 31.1 Å². The van der Waals surface area contributed by atoms with E-state index in [0.717, 1.165) is 18.2 Å². The number of nitrogens with one attached hydrogen (secondary N) is 2. The molecule has 1 amide bonds. The highest BCUT2D eigenvalue weighted by molar-refractivity contribution is 14.1. The van der Waals surface area contributed by atoms with Crippen molar-refractivity contribution in [3.8, 4) is 0 Å². The molecular formula is C15H13FIN3O6S. The molecule has 0 radical (unpaired) electrons. The van der Waals surface area contributed by atoms with Crippen molar-refractivity contribution in [3.63, 3.8) is 0 Å². The van der Waals surface area contributed by atoms with Gasteiger partial charge < -0.3 is 10.4 Å². The van der Waals surface area contributed by atoms with Gasteiger partial charge in [0.05, 0.1) is 11.0 Å². The molecule has 0 aliphatic rings. The number of nitro groups is 1. The van der Waals surface area contributed by atoms with Crippen molar-refractivity contribution in [2.75, 3.05) is 6.54 Å². The lowest BCUT2D eigenvalue weighted by molar-refractivity contribution is -0.387. The largest absolute Gasteiger partial charge is 0.465 e. The van der Waals surface area contributed by atoms with E-state index in [1.54, 1.807) is 0 Å². The fourth-order valence-electron chi connectivity index (χ4n) is 2.28. The molecule has 0 spiro atoms. The summed E-state index contributed by atoms with van der Waals surface area (Å²) in [6.07, 6.45) is -1.44. The van der Waals surface area contributed by atoms with Gasteiger partial charge in [-0.15, -0.1) is 0 Å². The topological polar surface area (TPSA) is 139 Å². The van der Waals surface area contributed by atoms with E-state index in [9.17, 15) is 27.7 Å². The minimum Gasteiger partial charge on any atom is -0.465 e. The van der Waals surface area contributed by atoms with Gasteiger partial charge in [-0.2, -0.15) is 0 Å². The van der Waals surface area contributed by atoms with Gasteiger partial charge in [-0.25, -0.2) is 22.3 Å². The minimum absolute atomic E-state index is 0.201. The summed E-state index contributed by atoms with van der Waals surface area (Å²) in [5.74, 6) is -0.615. The van der Waals surface area contributed by atoms with E-state index >= 15 is 0 Å². The molecule has 0 aliphatic heterocycles. The maximum Gasteiger partial charge on any atom is 0.405 e. The third-order valence-corrected chi connectivity index (χ3v) is 5.51. The van der Waals surface area contributed by atoms with Gasteiger partial charge >= 0.3 is 6.09 Å². The van der Waals surface area contributed by atoms with Gasteiger partial charge in [0, 0.05) is 16.2 Å². The number of carbonyl (C=O) groups is 1. The zero-order valence-electron chi connectivity index (χ0n) is 13.4. The van der Waals surface area contributed by atoms with Crippen LogP contribution in [0.25, 0.3) is 0 Å². The Balaban J connectivity index is 2.31. The van der Waals surface area contributed by atoms with Gasteiger partial charge in [-0.1, -0.05) is 12.1 Å². The average Bonchev–Trinajstić information content (AvgIpc) is 2.57. The number of nitro benzene ring substituents is 1. The summed E-state index contributed by atoms with van der Waals surface area (Å²) in [7, 11) is -4.32. The number of halogens is 2. The first-order chi connectivity index (χ1) is 12.6. The summed E-state index contributed by atoms with van der Waals surface area (Å²) in [5.41, 5.74) is -0.417. The van der Waals surface area contributed by atoms with E-state index < -0.39 is 50.0 Å². The second kappa shape index (κ2) is 8.58. The Labute approximate surface area is 166 Å². The molecule has 3 N–H and O–H groups in total. The van der Waals surface area contributed by atoms with E-state index in [0.29, 0.717) is 3.57 Å². The van der Waals surface area contributed by atoms with Crippen LogP contribution >= 0.6 is 22.6 Å². The highest BCUT2D eigenvalue weighted by Gasteiger charge is 2.26. The van der Waals surface area contributed by atoms with Crippen molar-refractivity contribution in [2.45, 2.75) is 10.9 Å². The molecule has 12 heteroatoms. The van der Waals surface area contributed by atoms with Crippen LogP contribution in [0.5, 0.6) is 0 Å². The molecule has 1 unspecified atom stereocenters. The maximum absolute atomic E-state index is 13.6. The zero-order chi connectivity index (χ0) is 20.2. The summed E-state index contributed by atoms with van der Waals surface area (Å²) in [6, 6.07) is 7.42. The van der Waals surface area contributed by atoms with Gasteiger partial charge in [-0.3, -0.25) is 10.1 Å². The molecule has 0 heterocycles. The zero-order valence-corrected chi connectivity index (χ0v) is 16.4. The second-order valence-corrected chi connectivity index (χ2v) is 8.26. The number of nitrogens with zero attached hydrogens (tertiary/aromatic N) is 1. The fourth-order valence-corrected chi connectivity index (χ4v) is 4.16. The molecule has 0 saturated heterocycles. The van der Waals surface area contributed by atoms with Crippen LogP contribution in [0.4, 0.5) is 14.9 Å². The molecule has 0 aromatic heterocycles. The summed E-state index contributed by atoms with van der Waals surface area (Å²) in [6.45, 7) is -0.472. The average molecular weight is 509 g/mol. The molecule has 2 rings (SSSR count). The molecule has 2 aromatic carbocycles. The molecule has 2 aromatic rings. The smallest absolute Gasteiger partial charge is 0.405 e. The molecule has 0 saturated carbocycles. The molecular weight excluding hydrogens is 496 g/mol. The summed E-state index contributed by atoms with van der Waals surface area (Å²) in [4.78, 5) is 20.7. The summed E-state index contributed by atoms with van der Waals surface area (Å²) in [5, 5.41) is 22.1. The lowest BCUT2D eigenvalue weighted by Crippen LogP contribution is -2.37. The normalized spacial score (nSPS) is 12.4. The Hall–Kier alpha value is -2.32. The SMILES string of the molecule is O=C(O)NC(CNS(=O)(=O)c1ccccc1[N+](=O)[O-])c1cc(F)cc(I)c1. The summed E-state index contributed by atoms with van der Waals surface area (Å²) >= 11 is 1.83. The predicted molar refractivity (Wildman–Crippen MR) is 101 cm³/mol. The van der Waals surface area contributed by atoms with Crippen molar-refractivity contribution < 1.29 is 27.6 Å². The first-order valence-corrected chi connectivity index (χ1v) is 9.85. The van der Waals surface area contributed by atoms with Crippen molar-refractivity contribution in [1.82, 2.24) is 10.0 Å². The van der Waals surface area contributed by atoms with Crippen LogP contribution < -0.4 is 10.0 Å². The number of rotatable bonds is 7. The molecule has 1 atom stereocenters. The van der Waals surface area contributed by atoms with Crippen LogP contribution in [-0.2, 0) is 10.0 Å². The number of carboxylic acid groups (broad SMARTS) is 1. The van der Waals surface area contributed by atoms with E-state index in [1.165, 1.54) is 24.3 Å². The first-order valence-electron chi connectivity index (χ1n) is 7.28. The third-order valence-electron chi connectivity index (χ3n) is 3.41. The minimum atomic E-state index is -4.32. The van der Waals surface area contributed by atoms with Crippen LogP contribution in [0.1, 0.15) is 11.6 Å². The number of sulfonamides is 1. The van der Waals surface area contributed by atoms with E-state index in [4.69, 9.17) is 5.11 Å². The first kappa shape index (κ1) is 21.0. The van der Waals surface area contributed by atoms with E-state index in [2.05, 4.69) is 10.0 Å². The Morgan fingerprint density at radius 1 is 1.30 bits per heavy atom. The van der Waals surface area contributed by atoms with E-state index in [1.807, 2.05) is 22.6 Å². The standard InChI is InChI=1S/C15H13FIN3O6S/c16-10-5-9(6-11(17)7-10)12(19-15(21)22)8-18-27(25,26)14-4-2-1-3-13(14)20(23)24/h1-7,12,18-19H,8H2,(H,21,22). The lowest BCUT2D eigenvalue weighted by Gasteiger charge is -2.18. The van der Waals surface area contributed by atoms with Crippen LogP contribution in [0.3, 0.4) is 0 Å². The Morgan fingerprint density at radius 2 is 1.96 bits per heavy atom. The molecule has 9 nitrogen and oxygen atoms in total. The highest BCUT2D eigenvalue weighted by Crippen LogP contribution is 2.24. The van der Waals surface area contributed by atoms with Crippen LogP contribution in [0, 0.1) is 19.5 Å². The lowest BCUT2D eigenvalue weighted by atomic mass is 10.1. The highest BCUT2D eigenvalue weighted by atomic mass is 127. The number of hydrogen-bond donors (Lipinski definition) is 3. The molecule has 27 heavy (non-hydrogen) atoms.